The minimum Gasteiger partial charge on any atom is -0.492 e. The number of aromatic nitrogens is 1. The van der Waals surface area contributed by atoms with Gasteiger partial charge >= 0.3 is 16.8 Å². The van der Waals surface area contributed by atoms with Crippen molar-refractivity contribution in [1.82, 2.24) is 4.57 Å². The number of esters is 1. The van der Waals surface area contributed by atoms with Gasteiger partial charge in [0.1, 0.15) is 18.1 Å². The number of hydrogen-bond donors (Lipinski definition) is 2. The maximum absolute atomic E-state index is 12.7. The van der Waals surface area contributed by atoms with Gasteiger partial charge in [-0.15, -0.1) is 0 Å². The van der Waals surface area contributed by atoms with Crippen molar-refractivity contribution in [2.75, 3.05) is 6.61 Å². The van der Waals surface area contributed by atoms with Gasteiger partial charge in [-0.25, -0.2) is 0 Å². The predicted octanol–water partition coefficient (Wildman–Crippen LogP) is 4.56. The highest BCUT2D eigenvalue weighted by Gasteiger charge is 2.28. The van der Waals surface area contributed by atoms with Crippen LogP contribution in [0.3, 0.4) is 0 Å². The Kier molecular flexibility index (Phi) is 8.77. The van der Waals surface area contributed by atoms with Crippen molar-refractivity contribution >= 4 is 39.2 Å². The summed E-state index contributed by atoms with van der Waals surface area (Å²) in [5.41, 5.74) is 3.30. The van der Waals surface area contributed by atoms with E-state index in [1.54, 1.807) is 42.7 Å². The Morgan fingerprint density at radius 1 is 1.00 bits per heavy atom. The molecule has 3 aromatic carbocycles. The quantitative estimate of drug-likeness (QED) is 0.0924. The fourth-order valence-corrected chi connectivity index (χ4v) is 5.06. The molecule has 0 bridgehead atoms. The molecule has 0 saturated heterocycles. The third-order valence-corrected chi connectivity index (χ3v) is 6.91. The van der Waals surface area contributed by atoms with E-state index in [0.717, 1.165) is 27.1 Å². The number of carboxylic acids is 1. The number of hydrogen-bond acceptors (Lipinski definition) is 8. The lowest BCUT2D eigenvalue weighted by molar-refractivity contribution is -0.161. The van der Waals surface area contributed by atoms with Crippen molar-refractivity contribution < 1.29 is 29.4 Å². The zero-order valence-corrected chi connectivity index (χ0v) is 22.3. The zero-order valence-electron chi connectivity index (χ0n) is 21.4. The second-order valence-corrected chi connectivity index (χ2v) is 10.1. The number of carbonyl (C=O) groups is 2. The molecule has 0 aliphatic heterocycles. The molecule has 0 fully saturated rings. The van der Waals surface area contributed by atoms with E-state index in [1.807, 2.05) is 48.5 Å². The summed E-state index contributed by atoms with van der Waals surface area (Å²) in [6.07, 6.45) is -0.391. The van der Waals surface area contributed by atoms with Crippen LogP contribution in [0.15, 0.2) is 82.7 Å². The standard InChI is InChI=1S/C29H28N2O7S/c1-18(2)38-28(34)23(27(32)33)16-19-8-11-22(12-9-19)37-15-14-31-24-13-10-21(17-25(24)39-29(31)35)26(30-36)20-6-4-3-5-7-20/h3-13,17-18,23,36H,14-16H2,1-2H3,(H,32,33). The monoisotopic (exact) mass is 548 g/mol. The molecule has 0 aliphatic rings. The molecule has 4 aromatic rings. The molecule has 39 heavy (non-hydrogen) atoms. The molecule has 9 nitrogen and oxygen atoms in total. The number of benzene rings is 3. The number of nitrogens with zero attached hydrogens (tertiary/aromatic N) is 2. The molecule has 1 aromatic heterocycles. The molecule has 2 N–H and O–H groups in total. The average Bonchev–Trinajstić information content (AvgIpc) is 3.22. The number of oxime groups is 1. The summed E-state index contributed by atoms with van der Waals surface area (Å²) >= 11 is 1.11. The molecule has 10 heteroatoms. The maximum Gasteiger partial charge on any atom is 0.320 e. The average molecular weight is 549 g/mol. The smallest absolute Gasteiger partial charge is 0.320 e. The Morgan fingerprint density at radius 3 is 2.36 bits per heavy atom. The molecule has 0 aliphatic carbocycles. The first-order chi connectivity index (χ1) is 18.8. The van der Waals surface area contributed by atoms with Gasteiger partial charge in [-0.05, 0) is 50.1 Å². The summed E-state index contributed by atoms with van der Waals surface area (Å²) in [7, 11) is 0. The highest BCUT2D eigenvalue weighted by Crippen LogP contribution is 2.22. The van der Waals surface area contributed by atoms with E-state index < -0.39 is 24.0 Å². The van der Waals surface area contributed by atoms with E-state index in [9.17, 15) is 24.7 Å². The SMILES string of the molecule is CC(C)OC(=O)C(Cc1ccc(OCCn2c(=O)sc3cc(C(=NO)c4ccccc4)ccc32)cc1)C(=O)O. The Hall–Kier alpha value is -4.44. The van der Waals surface area contributed by atoms with Crippen LogP contribution >= 0.6 is 11.3 Å². The van der Waals surface area contributed by atoms with Crippen LogP contribution in [0.25, 0.3) is 10.2 Å². The fourth-order valence-electron chi connectivity index (χ4n) is 4.10. The van der Waals surface area contributed by atoms with Crippen molar-refractivity contribution in [3.05, 3.63) is 99.2 Å². The third kappa shape index (κ3) is 6.71. The first-order valence-corrected chi connectivity index (χ1v) is 13.1. The normalized spacial score (nSPS) is 12.4. The second kappa shape index (κ2) is 12.4. The number of aliphatic carboxylic acids is 1. The molecule has 1 atom stereocenters. The number of carboxylic acid groups (broad SMARTS) is 1. The van der Waals surface area contributed by atoms with Gasteiger partial charge in [0.15, 0.2) is 5.92 Å². The number of ether oxygens (including phenoxy) is 2. The predicted molar refractivity (Wildman–Crippen MR) is 148 cm³/mol. The molecule has 202 valence electrons. The summed E-state index contributed by atoms with van der Waals surface area (Å²) in [6.45, 7) is 3.89. The summed E-state index contributed by atoms with van der Waals surface area (Å²) in [5.74, 6) is -2.73. The molecule has 0 saturated carbocycles. The maximum atomic E-state index is 12.7. The van der Waals surface area contributed by atoms with Crippen molar-refractivity contribution in [2.24, 2.45) is 11.1 Å². The summed E-state index contributed by atoms with van der Waals surface area (Å²) in [6, 6.07) is 21.6. The van der Waals surface area contributed by atoms with Crippen LogP contribution in [0.5, 0.6) is 5.75 Å². The van der Waals surface area contributed by atoms with Crippen LogP contribution < -0.4 is 9.61 Å². The second-order valence-electron chi connectivity index (χ2n) is 9.09. The van der Waals surface area contributed by atoms with Crippen LogP contribution in [0.2, 0.25) is 0 Å². The molecule has 4 rings (SSSR count). The van der Waals surface area contributed by atoms with Gasteiger partial charge in [-0.2, -0.15) is 0 Å². The van der Waals surface area contributed by atoms with Crippen molar-refractivity contribution in [3.63, 3.8) is 0 Å². The minimum atomic E-state index is -1.29. The lowest BCUT2D eigenvalue weighted by Crippen LogP contribution is -2.29. The molecule has 1 unspecified atom stereocenters. The van der Waals surface area contributed by atoms with Crippen molar-refractivity contribution in [1.29, 1.82) is 0 Å². The highest BCUT2D eigenvalue weighted by atomic mass is 32.1. The molecular weight excluding hydrogens is 520 g/mol. The molecule has 1 heterocycles. The summed E-state index contributed by atoms with van der Waals surface area (Å²) in [5, 5.41) is 22.5. The molecule has 0 spiro atoms. The van der Waals surface area contributed by atoms with E-state index in [1.165, 1.54) is 0 Å². The van der Waals surface area contributed by atoms with E-state index in [0.29, 0.717) is 29.1 Å². The van der Waals surface area contributed by atoms with Crippen LogP contribution in [0.4, 0.5) is 0 Å². The van der Waals surface area contributed by atoms with E-state index in [4.69, 9.17) is 9.47 Å². The lowest BCUT2D eigenvalue weighted by Gasteiger charge is -2.14. The Labute approximate surface area is 228 Å². The van der Waals surface area contributed by atoms with Crippen LogP contribution in [0, 0.1) is 5.92 Å². The molecule has 0 amide bonds. The summed E-state index contributed by atoms with van der Waals surface area (Å²) in [4.78, 5) is 36.2. The van der Waals surface area contributed by atoms with Gasteiger partial charge in [0, 0.05) is 11.1 Å². The number of thiazole rings is 1. The van der Waals surface area contributed by atoms with Gasteiger partial charge in [0.2, 0.25) is 0 Å². The lowest BCUT2D eigenvalue weighted by atomic mass is 9.99. The minimum absolute atomic E-state index is 0.00637. The van der Waals surface area contributed by atoms with Gasteiger partial charge < -0.3 is 19.8 Å². The first-order valence-electron chi connectivity index (χ1n) is 12.3. The Bertz CT molecular complexity index is 1540. The molecule has 0 radical (unpaired) electrons. The van der Waals surface area contributed by atoms with Crippen LogP contribution in [-0.2, 0) is 27.3 Å². The number of fused-ring (bicyclic) bond motifs is 1. The van der Waals surface area contributed by atoms with E-state index >= 15 is 0 Å². The van der Waals surface area contributed by atoms with E-state index in [2.05, 4.69) is 5.16 Å². The van der Waals surface area contributed by atoms with Crippen LogP contribution in [0.1, 0.15) is 30.5 Å². The van der Waals surface area contributed by atoms with Gasteiger partial charge in [-0.3, -0.25) is 19.0 Å². The molecular formula is C29H28N2O7S. The topological polar surface area (TPSA) is 127 Å². The van der Waals surface area contributed by atoms with Gasteiger partial charge in [0.25, 0.3) is 0 Å². The first kappa shape index (κ1) is 27.6. The highest BCUT2D eigenvalue weighted by molar-refractivity contribution is 7.16. The van der Waals surface area contributed by atoms with Crippen molar-refractivity contribution in [2.45, 2.75) is 32.9 Å². The number of carbonyl (C=O) groups excluding carboxylic acids is 1. The van der Waals surface area contributed by atoms with Gasteiger partial charge in [-0.1, -0.05) is 65.0 Å². The van der Waals surface area contributed by atoms with Crippen LogP contribution in [-0.4, -0.2) is 45.2 Å². The Morgan fingerprint density at radius 2 is 1.72 bits per heavy atom. The zero-order chi connectivity index (χ0) is 27.9. The number of rotatable bonds is 11. The van der Waals surface area contributed by atoms with Crippen molar-refractivity contribution in [3.8, 4) is 5.75 Å². The van der Waals surface area contributed by atoms with E-state index in [-0.39, 0.29) is 17.9 Å². The Balaban J connectivity index is 1.40. The third-order valence-electron chi connectivity index (χ3n) is 5.97. The fraction of sp³-hybridized carbons (Fsp3) is 0.241. The largest absolute Gasteiger partial charge is 0.492 e. The van der Waals surface area contributed by atoms with Gasteiger partial charge in [0.05, 0.1) is 22.9 Å². The summed E-state index contributed by atoms with van der Waals surface area (Å²) < 4.78 is 13.3.